The highest BCUT2D eigenvalue weighted by Crippen LogP contribution is 2.26. The number of benzene rings is 1. The number of hydrogen-bond acceptors (Lipinski definition) is 2. The molecule has 0 spiro atoms. The molecule has 2 rings (SSSR count). The molecule has 0 aliphatic rings. The second-order valence-corrected chi connectivity index (χ2v) is 5.26. The molecule has 1 heterocycles. The molecule has 0 saturated heterocycles. The molecule has 5 heteroatoms. The Balaban J connectivity index is 2.48. The summed E-state index contributed by atoms with van der Waals surface area (Å²) < 4.78 is 2.05. The van der Waals surface area contributed by atoms with Crippen molar-refractivity contribution < 1.29 is 4.79 Å². The molecule has 1 atom stereocenters. The summed E-state index contributed by atoms with van der Waals surface area (Å²) in [6, 6.07) is 6.00. The number of carbonyl (C=O) groups excluding carboxylic acids is 1. The van der Waals surface area contributed by atoms with Crippen LogP contribution in [0.4, 0.5) is 0 Å². The Hall–Kier alpha value is -1.55. The Labute approximate surface area is 117 Å². The lowest BCUT2D eigenvalue weighted by Gasteiger charge is -2.11. The van der Waals surface area contributed by atoms with E-state index in [0.29, 0.717) is 13.0 Å². The summed E-state index contributed by atoms with van der Waals surface area (Å²) in [5, 5.41) is 2.45. The summed E-state index contributed by atoms with van der Waals surface area (Å²) in [5.74, 6) is 0.832. The van der Waals surface area contributed by atoms with E-state index in [2.05, 4.69) is 14.9 Å². The van der Waals surface area contributed by atoms with Crippen LogP contribution in [0.2, 0.25) is 0 Å². The van der Waals surface area contributed by atoms with Crippen LogP contribution in [0.25, 0.3) is 11.0 Å². The first-order chi connectivity index (χ1) is 9.04. The Kier molecular flexibility index (Phi) is 4.10. The third-order valence-electron chi connectivity index (χ3n) is 3.20. The van der Waals surface area contributed by atoms with Gasteiger partial charge < -0.3 is 9.88 Å². The summed E-state index contributed by atoms with van der Waals surface area (Å²) in [6.45, 7) is 4.53. The molecule has 1 unspecified atom stereocenters. The molecular formula is C14H18ClN3O. The molecule has 1 aromatic carbocycles. The maximum atomic E-state index is 11.4. The number of aryl methyl sites for hydroxylation is 2. The first-order valence-electron chi connectivity index (χ1n) is 6.35. The van der Waals surface area contributed by atoms with Gasteiger partial charge in [-0.15, -0.1) is 11.6 Å². The number of fused-ring (bicyclic) bond motifs is 1. The van der Waals surface area contributed by atoms with Crippen molar-refractivity contribution in [2.75, 3.05) is 7.05 Å². The number of carbonyl (C=O) groups is 1. The van der Waals surface area contributed by atoms with Crippen molar-refractivity contribution in [1.82, 2.24) is 14.9 Å². The molecule has 19 heavy (non-hydrogen) atoms. The molecule has 1 N–H and O–H groups in total. The van der Waals surface area contributed by atoms with Gasteiger partial charge in [0.15, 0.2) is 0 Å². The van der Waals surface area contributed by atoms with Crippen LogP contribution in [0, 0.1) is 6.92 Å². The van der Waals surface area contributed by atoms with E-state index < -0.39 is 0 Å². The third kappa shape index (κ3) is 2.73. The average molecular weight is 280 g/mol. The number of amides is 1. The van der Waals surface area contributed by atoms with Gasteiger partial charge in [-0.1, -0.05) is 12.1 Å². The molecule has 0 saturated carbocycles. The fraction of sp³-hybridized carbons (Fsp3) is 0.429. The third-order valence-corrected chi connectivity index (χ3v) is 3.39. The summed E-state index contributed by atoms with van der Waals surface area (Å²) >= 11 is 6.20. The number of imidazole rings is 1. The van der Waals surface area contributed by atoms with Crippen molar-refractivity contribution in [3.63, 3.8) is 0 Å². The summed E-state index contributed by atoms with van der Waals surface area (Å²) in [4.78, 5) is 16.0. The number of aromatic nitrogens is 2. The van der Waals surface area contributed by atoms with E-state index in [4.69, 9.17) is 11.6 Å². The molecule has 2 aromatic rings. The number of para-hydroxylation sites is 1. The van der Waals surface area contributed by atoms with E-state index >= 15 is 0 Å². The number of hydrogen-bond donors (Lipinski definition) is 1. The monoisotopic (exact) mass is 279 g/mol. The predicted octanol–water partition coefficient (Wildman–Crippen LogP) is 2.78. The van der Waals surface area contributed by atoms with Gasteiger partial charge in [0.25, 0.3) is 0 Å². The van der Waals surface area contributed by atoms with Crippen LogP contribution in [-0.4, -0.2) is 22.5 Å². The van der Waals surface area contributed by atoms with E-state index in [1.165, 1.54) is 0 Å². The van der Waals surface area contributed by atoms with E-state index in [1.807, 2.05) is 32.0 Å². The zero-order valence-corrected chi connectivity index (χ0v) is 12.2. The van der Waals surface area contributed by atoms with Crippen molar-refractivity contribution in [1.29, 1.82) is 0 Å². The fourth-order valence-electron chi connectivity index (χ4n) is 2.25. The summed E-state index contributed by atoms with van der Waals surface area (Å²) in [7, 11) is 1.64. The average Bonchev–Trinajstić information content (AvgIpc) is 2.76. The van der Waals surface area contributed by atoms with Crippen molar-refractivity contribution in [2.45, 2.75) is 32.2 Å². The van der Waals surface area contributed by atoms with Crippen molar-refractivity contribution in [3.8, 4) is 0 Å². The number of nitrogens with one attached hydrogen (secondary N) is 1. The minimum atomic E-state index is -0.184. The van der Waals surface area contributed by atoms with E-state index in [0.717, 1.165) is 22.4 Å². The molecule has 0 bridgehead atoms. The normalized spacial score (nSPS) is 12.6. The zero-order chi connectivity index (χ0) is 14.0. The van der Waals surface area contributed by atoms with Crippen LogP contribution in [0.1, 0.15) is 30.1 Å². The lowest BCUT2D eigenvalue weighted by atomic mass is 10.2. The Morgan fingerprint density at radius 2 is 2.26 bits per heavy atom. The standard InChI is InChI=1S/C14H18ClN3O/c1-9-5-4-6-11-13(9)18(8-7-12(19)16-3)14(17-11)10(2)15/h4-6,10H,7-8H2,1-3H3,(H,16,19). The molecule has 1 aromatic heterocycles. The second kappa shape index (κ2) is 5.61. The van der Waals surface area contributed by atoms with Gasteiger partial charge in [0, 0.05) is 20.0 Å². The van der Waals surface area contributed by atoms with Crippen LogP contribution in [0.3, 0.4) is 0 Å². The number of halogens is 1. The topological polar surface area (TPSA) is 46.9 Å². The predicted molar refractivity (Wildman–Crippen MR) is 77.4 cm³/mol. The van der Waals surface area contributed by atoms with Crippen LogP contribution >= 0.6 is 11.6 Å². The highest BCUT2D eigenvalue weighted by Gasteiger charge is 2.16. The number of rotatable bonds is 4. The first kappa shape index (κ1) is 13.9. The molecule has 102 valence electrons. The molecule has 0 fully saturated rings. The van der Waals surface area contributed by atoms with E-state index in [-0.39, 0.29) is 11.3 Å². The fourth-order valence-corrected chi connectivity index (χ4v) is 2.42. The van der Waals surface area contributed by atoms with Crippen LogP contribution in [0.15, 0.2) is 18.2 Å². The Morgan fingerprint density at radius 3 is 2.89 bits per heavy atom. The SMILES string of the molecule is CNC(=O)CCn1c(C(C)Cl)nc2cccc(C)c21. The minimum Gasteiger partial charge on any atom is -0.359 e. The maximum absolute atomic E-state index is 11.4. The second-order valence-electron chi connectivity index (χ2n) is 4.60. The maximum Gasteiger partial charge on any atom is 0.221 e. The highest BCUT2D eigenvalue weighted by atomic mass is 35.5. The first-order valence-corrected chi connectivity index (χ1v) is 6.78. The van der Waals surface area contributed by atoms with Gasteiger partial charge in [-0.25, -0.2) is 4.98 Å². The van der Waals surface area contributed by atoms with Gasteiger partial charge in [-0.2, -0.15) is 0 Å². The van der Waals surface area contributed by atoms with Gasteiger partial charge in [0.2, 0.25) is 5.91 Å². The minimum absolute atomic E-state index is 0.0172. The number of nitrogens with zero attached hydrogens (tertiary/aromatic N) is 2. The van der Waals surface area contributed by atoms with Gasteiger partial charge in [0.1, 0.15) is 5.82 Å². The van der Waals surface area contributed by atoms with E-state index in [9.17, 15) is 4.79 Å². The molecule has 4 nitrogen and oxygen atoms in total. The molecular weight excluding hydrogens is 262 g/mol. The Morgan fingerprint density at radius 1 is 1.53 bits per heavy atom. The smallest absolute Gasteiger partial charge is 0.221 e. The van der Waals surface area contributed by atoms with Gasteiger partial charge in [0.05, 0.1) is 16.4 Å². The Bertz CT molecular complexity index is 604. The van der Waals surface area contributed by atoms with Crippen LogP contribution in [0.5, 0.6) is 0 Å². The summed E-state index contributed by atoms with van der Waals surface area (Å²) in [5.41, 5.74) is 3.14. The van der Waals surface area contributed by atoms with Gasteiger partial charge >= 0.3 is 0 Å². The highest BCUT2D eigenvalue weighted by molar-refractivity contribution is 6.20. The summed E-state index contributed by atoms with van der Waals surface area (Å²) in [6.07, 6.45) is 0.424. The van der Waals surface area contributed by atoms with Crippen LogP contribution < -0.4 is 5.32 Å². The molecule has 0 aliphatic heterocycles. The largest absolute Gasteiger partial charge is 0.359 e. The van der Waals surface area contributed by atoms with Gasteiger partial charge in [-0.3, -0.25) is 4.79 Å². The quantitative estimate of drug-likeness (QED) is 0.875. The number of alkyl halides is 1. The molecule has 1 amide bonds. The van der Waals surface area contributed by atoms with Gasteiger partial charge in [-0.05, 0) is 25.5 Å². The molecule has 0 radical (unpaired) electrons. The molecule has 0 aliphatic carbocycles. The lowest BCUT2D eigenvalue weighted by Crippen LogP contribution is -2.20. The van der Waals surface area contributed by atoms with E-state index in [1.54, 1.807) is 7.05 Å². The zero-order valence-electron chi connectivity index (χ0n) is 11.4. The lowest BCUT2D eigenvalue weighted by molar-refractivity contribution is -0.120. The van der Waals surface area contributed by atoms with Crippen molar-refractivity contribution in [2.24, 2.45) is 0 Å². The van der Waals surface area contributed by atoms with Crippen molar-refractivity contribution in [3.05, 3.63) is 29.6 Å². The van der Waals surface area contributed by atoms with Crippen LogP contribution in [-0.2, 0) is 11.3 Å². The van der Waals surface area contributed by atoms with Crippen molar-refractivity contribution >= 4 is 28.5 Å².